The Hall–Kier alpha value is -2.62. The lowest BCUT2D eigenvalue weighted by Gasteiger charge is -2.24. The van der Waals surface area contributed by atoms with Crippen LogP contribution in [-0.4, -0.2) is 33.3 Å². The van der Waals surface area contributed by atoms with Crippen LogP contribution in [0.1, 0.15) is 16.0 Å². The van der Waals surface area contributed by atoms with E-state index in [2.05, 4.69) is 10.5 Å². The summed E-state index contributed by atoms with van der Waals surface area (Å²) in [6, 6.07) is 15.6. The van der Waals surface area contributed by atoms with Crippen LogP contribution in [0, 0.1) is 13.8 Å². The Morgan fingerprint density at radius 1 is 1.10 bits per heavy atom. The Kier molecular flexibility index (Phi) is 7.53. The molecule has 3 rings (SSSR count). The maximum Gasteiger partial charge on any atom is 0.264 e. The number of hydrazone groups is 1. The van der Waals surface area contributed by atoms with Gasteiger partial charge in [0.25, 0.3) is 15.9 Å². The van der Waals surface area contributed by atoms with E-state index < -0.39 is 22.5 Å². The zero-order valence-electron chi connectivity index (χ0n) is 17.4. The second kappa shape index (κ2) is 10.1. The zero-order chi connectivity index (χ0) is 22.4. The molecule has 9 heteroatoms. The number of nitrogens with zero attached hydrogens (tertiary/aromatic N) is 2. The zero-order valence-corrected chi connectivity index (χ0v) is 19.9. The monoisotopic (exact) mass is 473 g/mol. The minimum absolute atomic E-state index is 0.122. The second-order valence-electron chi connectivity index (χ2n) is 6.78. The predicted molar refractivity (Wildman–Crippen MR) is 129 cm³/mol. The molecule has 0 aliphatic rings. The molecule has 0 radical (unpaired) electrons. The summed E-state index contributed by atoms with van der Waals surface area (Å²) >= 11 is 3.04. The van der Waals surface area contributed by atoms with Crippen LogP contribution in [0.15, 0.2) is 74.9 Å². The van der Waals surface area contributed by atoms with Gasteiger partial charge in [0.1, 0.15) is 6.54 Å². The fraction of sp³-hybridized carbons (Fsp3) is 0.182. The summed E-state index contributed by atoms with van der Waals surface area (Å²) in [5.41, 5.74) is 4.89. The Bertz CT molecular complexity index is 1170. The van der Waals surface area contributed by atoms with Crippen molar-refractivity contribution in [1.29, 1.82) is 0 Å². The van der Waals surface area contributed by atoms with Crippen LogP contribution in [0.5, 0.6) is 0 Å². The molecule has 0 aliphatic carbocycles. The van der Waals surface area contributed by atoms with E-state index in [1.165, 1.54) is 23.1 Å². The molecule has 0 unspecified atom stereocenters. The Morgan fingerprint density at radius 3 is 2.35 bits per heavy atom. The fourth-order valence-corrected chi connectivity index (χ4v) is 5.36. The van der Waals surface area contributed by atoms with Gasteiger partial charge in [-0.3, -0.25) is 9.10 Å². The van der Waals surface area contributed by atoms with Crippen molar-refractivity contribution in [2.24, 2.45) is 5.10 Å². The van der Waals surface area contributed by atoms with Crippen LogP contribution in [0.25, 0.3) is 0 Å². The summed E-state index contributed by atoms with van der Waals surface area (Å²) in [6.45, 7) is 3.47. The number of hydrogen-bond acceptors (Lipinski definition) is 6. The molecule has 0 spiro atoms. The lowest BCUT2D eigenvalue weighted by Crippen LogP contribution is -2.39. The van der Waals surface area contributed by atoms with Gasteiger partial charge in [0.2, 0.25) is 0 Å². The van der Waals surface area contributed by atoms with Crippen molar-refractivity contribution in [2.45, 2.75) is 23.6 Å². The fourth-order valence-electron chi connectivity index (χ4n) is 2.75. The van der Waals surface area contributed by atoms with Gasteiger partial charge >= 0.3 is 0 Å². The minimum atomic E-state index is -3.95. The third kappa shape index (κ3) is 5.75. The molecule has 0 saturated carbocycles. The van der Waals surface area contributed by atoms with Gasteiger partial charge in [0.15, 0.2) is 0 Å². The van der Waals surface area contributed by atoms with E-state index in [4.69, 9.17) is 0 Å². The number of rotatable bonds is 8. The van der Waals surface area contributed by atoms with Gasteiger partial charge in [0.05, 0.1) is 16.8 Å². The quantitative estimate of drug-likeness (QED) is 0.298. The third-order valence-corrected chi connectivity index (χ3v) is 8.01. The van der Waals surface area contributed by atoms with Crippen molar-refractivity contribution in [3.63, 3.8) is 0 Å². The first-order valence-corrected chi connectivity index (χ1v) is 12.9. The van der Waals surface area contributed by atoms with E-state index >= 15 is 0 Å². The maximum atomic E-state index is 13.4. The molecule has 1 N–H and O–H groups in total. The number of amides is 1. The topological polar surface area (TPSA) is 78.8 Å². The third-order valence-electron chi connectivity index (χ3n) is 4.53. The first-order valence-electron chi connectivity index (χ1n) is 9.40. The van der Waals surface area contributed by atoms with E-state index in [1.807, 2.05) is 43.7 Å². The molecular weight excluding hydrogens is 450 g/mol. The summed E-state index contributed by atoms with van der Waals surface area (Å²) in [4.78, 5) is 14.6. The Balaban J connectivity index is 1.85. The van der Waals surface area contributed by atoms with Crippen LogP contribution in [0.2, 0.25) is 0 Å². The van der Waals surface area contributed by atoms with Crippen LogP contribution >= 0.6 is 23.1 Å². The normalized spacial score (nSPS) is 11.6. The maximum absolute atomic E-state index is 13.4. The van der Waals surface area contributed by atoms with Gasteiger partial charge in [0, 0.05) is 9.77 Å². The average molecular weight is 474 g/mol. The molecule has 0 saturated heterocycles. The Labute approximate surface area is 191 Å². The van der Waals surface area contributed by atoms with Crippen LogP contribution in [-0.2, 0) is 14.8 Å². The van der Waals surface area contributed by atoms with Crippen LogP contribution in [0.3, 0.4) is 0 Å². The molecule has 6 nitrogen and oxygen atoms in total. The van der Waals surface area contributed by atoms with Gasteiger partial charge in [-0.2, -0.15) is 5.10 Å². The molecular formula is C22H23N3O3S3. The molecule has 3 aromatic rings. The number of benzene rings is 2. The number of thiophene rings is 1. The molecule has 1 heterocycles. The van der Waals surface area contributed by atoms with E-state index in [0.29, 0.717) is 5.69 Å². The first-order chi connectivity index (χ1) is 14.8. The number of sulfonamides is 1. The molecule has 2 aromatic carbocycles. The number of anilines is 1. The highest BCUT2D eigenvalue weighted by Crippen LogP contribution is 2.25. The van der Waals surface area contributed by atoms with E-state index in [9.17, 15) is 13.2 Å². The number of nitrogens with one attached hydrogen (secondary N) is 1. The number of carbonyl (C=O) groups excluding carboxylic acids is 1. The highest BCUT2D eigenvalue weighted by atomic mass is 32.2. The summed E-state index contributed by atoms with van der Waals surface area (Å²) in [7, 11) is -3.95. The molecule has 0 fully saturated rings. The lowest BCUT2D eigenvalue weighted by molar-refractivity contribution is -0.119. The van der Waals surface area contributed by atoms with Crippen molar-refractivity contribution in [3.8, 4) is 0 Å². The predicted octanol–water partition coefficient (Wildman–Crippen LogP) is 4.43. The van der Waals surface area contributed by atoms with Crippen LogP contribution < -0.4 is 9.73 Å². The number of aryl methyl sites for hydroxylation is 2. The number of carbonyl (C=O) groups is 1. The summed E-state index contributed by atoms with van der Waals surface area (Å²) < 4.78 is 27.8. The van der Waals surface area contributed by atoms with E-state index in [-0.39, 0.29) is 4.90 Å². The van der Waals surface area contributed by atoms with Crippen molar-refractivity contribution in [1.82, 2.24) is 5.43 Å². The smallest absolute Gasteiger partial charge is 0.264 e. The first kappa shape index (κ1) is 23.1. The summed E-state index contributed by atoms with van der Waals surface area (Å²) in [5, 5.41) is 5.91. The van der Waals surface area contributed by atoms with Gasteiger partial charge in [-0.25, -0.2) is 13.8 Å². The van der Waals surface area contributed by atoms with E-state index in [1.54, 1.807) is 42.6 Å². The van der Waals surface area contributed by atoms with Gasteiger partial charge in [-0.05, 0) is 73.5 Å². The van der Waals surface area contributed by atoms with Crippen molar-refractivity contribution in [3.05, 3.63) is 76.0 Å². The van der Waals surface area contributed by atoms with Crippen molar-refractivity contribution < 1.29 is 13.2 Å². The Morgan fingerprint density at radius 2 is 1.77 bits per heavy atom. The van der Waals surface area contributed by atoms with E-state index in [0.717, 1.165) is 25.2 Å². The molecule has 1 aromatic heterocycles. The highest BCUT2D eigenvalue weighted by molar-refractivity contribution is 7.98. The van der Waals surface area contributed by atoms with Crippen molar-refractivity contribution >= 4 is 50.9 Å². The summed E-state index contributed by atoms with van der Waals surface area (Å²) in [5.74, 6) is -0.532. The van der Waals surface area contributed by atoms with Gasteiger partial charge in [-0.1, -0.05) is 17.7 Å². The molecule has 162 valence electrons. The molecule has 1 amide bonds. The van der Waals surface area contributed by atoms with Crippen LogP contribution in [0.4, 0.5) is 5.69 Å². The average Bonchev–Trinajstić information content (AvgIpc) is 3.17. The molecule has 0 bridgehead atoms. The number of hydrogen-bond donors (Lipinski definition) is 1. The minimum Gasteiger partial charge on any atom is -0.271 e. The second-order valence-corrected chi connectivity index (χ2v) is 10.5. The SMILES string of the molecule is CSc1ccc(S(=O)(=O)N(CC(=O)N/N=C\c2sccc2C)c2ccc(C)cc2)cc1. The largest absolute Gasteiger partial charge is 0.271 e. The van der Waals surface area contributed by atoms with Crippen molar-refractivity contribution in [2.75, 3.05) is 17.1 Å². The molecule has 0 aliphatic heterocycles. The summed E-state index contributed by atoms with van der Waals surface area (Å²) in [6.07, 6.45) is 3.48. The molecule has 0 atom stereocenters. The number of thioether (sulfide) groups is 1. The highest BCUT2D eigenvalue weighted by Gasteiger charge is 2.27. The standard InChI is InChI=1S/C22H23N3O3S3/c1-16-4-6-18(7-5-16)25(31(27,28)20-10-8-19(29-3)9-11-20)15-22(26)24-23-14-21-17(2)12-13-30-21/h4-14H,15H2,1-3H3,(H,24,26)/b23-14-. The molecule has 31 heavy (non-hydrogen) atoms. The lowest BCUT2D eigenvalue weighted by atomic mass is 10.2. The van der Waals surface area contributed by atoms with Gasteiger partial charge < -0.3 is 0 Å². The van der Waals surface area contributed by atoms with Gasteiger partial charge in [-0.15, -0.1) is 23.1 Å².